The number of primary amides is 1. The smallest absolute Gasteiger partial charge is 0.335 e. The zero-order valence-corrected chi connectivity index (χ0v) is 14.3. The molecule has 0 bridgehead atoms. The first kappa shape index (κ1) is 18.3. The Balaban J connectivity index is 2.31. The first-order chi connectivity index (χ1) is 11.8. The van der Waals surface area contributed by atoms with E-state index in [2.05, 4.69) is 5.32 Å². The second kappa shape index (κ2) is 7.67. The lowest BCUT2D eigenvalue weighted by atomic mass is 10.1. The van der Waals surface area contributed by atoms with Crippen LogP contribution in [0, 0.1) is 0 Å². The van der Waals surface area contributed by atoms with Crippen molar-refractivity contribution in [1.29, 1.82) is 0 Å². The van der Waals surface area contributed by atoms with Crippen molar-refractivity contribution in [3.63, 3.8) is 0 Å². The summed E-state index contributed by atoms with van der Waals surface area (Å²) in [6.45, 7) is 1.92. The molecule has 0 aliphatic heterocycles. The minimum Gasteiger partial charge on any atom is -0.478 e. The lowest BCUT2D eigenvalue weighted by Crippen LogP contribution is -2.30. The molecule has 2 aromatic rings. The van der Waals surface area contributed by atoms with Gasteiger partial charge in [0.15, 0.2) is 0 Å². The van der Waals surface area contributed by atoms with Crippen molar-refractivity contribution in [2.75, 3.05) is 19.4 Å². The van der Waals surface area contributed by atoms with Gasteiger partial charge in [-0.15, -0.1) is 0 Å². The number of rotatable bonds is 7. The van der Waals surface area contributed by atoms with E-state index < -0.39 is 11.9 Å². The monoisotopic (exact) mass is 343 g/mol. The number of benzene rings is 2. The molecule has 0 aliphatic carbocycles. The standard InChI is InChI=1S/C18H21N3O4/c1-11(21(2)3)25-14-6-4-5-13(10-14)20-16-9-12(18(23)24)7-8-15(16)17(19)22/h4-11,20H,1-3H3,(H2,19,22)(H,23,24). The third kappa shape index (κ3) is 4.71. The average Bonchev–Trinajstić information content (AvgIpc) is 2.54. The van der Waals surface area contributed by atoms with E-state index in [1.807, 2.05) is 32.0 Å². The molecule has 0 saturated heterocycles. The van der Waals surface area contributed by atoms with Crippen LogP contribution >= 0.6 is 0 Å². The van der Waals surface area contributed by atoms with Crippen LogP contribution in [0.3, 0.4) is 0 Å². The Morgan fingerprint density at radius 3 is 2.52 bits per heavy atom. The molecule has 0 spiro atoms. The molecule has 25 heavy (non-hydrogen) atoms. The van der Waals surface area contributed by atoms with Gasteiger partial charge in [-0.2, -0.15) is 0 Å². The van der Waals surface area contributed by atoms with Gasteiger partial charge in [-0.05, 0) is 51.4 Å². The van der Waals surface area contributed by atoms with Gasteiger partial charge in [0.05, 0.1) is 16.8 Å². The number of carboxylic acids is 1. The van der Waals surface area contributed by atoms with E-state index in [4.69, 9.17) is 15.6 Å². The molecule has 0 aromatic heterocycles. The molecular weight excluding hydrogens is 322 g/mol. The number of hydrogen-bond donors (Lipinski definition) is 3. The highest BCUT2D eigenvalue weighted by atomic mass is 16.5. The second-order valence-corrected chi connectivity index (χ2v) is 5.76. The van der Waals surface area contributed by atoms with Gasteiger partial charge in [0.25, 0.3) is 5.91 Å². The molecule has 1 amide bonds. The Morgan fingerprint density at radius 1 is 1.20 bits per heavy atom. The number of nitrogens with one attached hydrogen (secondary N) is 1. The SMILES string of the molecule is CC(Oc1cccc(Nc2cc(C(=O)O)ccc2C(N)=O)c1)N(C)C. The molecule has 4 N–H and O–H groups in total. The normalized spacial score (nSPS) is 11.8. The topological polar surface area (TPSA) is 105 Å². The van der Waals surface area contributed by atoms with E-state index in [9.17, 15) is 9.59 Å². The van der Waals surface area contributed by atoms with Crippen LogP contribution in [0.4, 0.5) is 11.4 Å². The van der Waals surface area contributed by atoms with Gasteiger partial charge in [0, 0.05) is 11.8 Å². The number of carbonyl (C=O) groups excluding carboxylic acids is 1. The fraction of sp³-hybridized carbons (Fsp3) is 0.222. The summed E-state index contributed by atoms with van der Waals surface area (Å²) in [4.78, 5) is 24.7. The Morgan fingerprint density at radius 2 is 1.92 bits per heavy atom. The third-order valence-corrected chi connectivity index (χ3v) is 3.68. The van der Waals surface area contributed by atoms with Crippen molar-refractivity contribution in [3.8, 4) is 5.75 Å². The molecule has 7 nitrogen and oxygen atoms in total. The quantitative estimate of drug-likeness (QED) is 0.667. The summed E-state index contributed by atoms with van der Waals surface area (Å²) in [7, 11) is 3.81. The fourth-order valence-corrected chi connectivity index (χ4v) is 2.10. The predicted octanol–water partition coefficient (Wildman–Crippen LogP) is 2.51. The first-order valence-corrected chi connectivity index (χ1v) is 7.65. The van der Waals surface area contributed by atoms with Gasteiger partial charge in [0.1, 0.15) is 12.0 Å². The maximum atomic E-state index is 11.6. The molecule has 0 fully saturated rings. The van der Waals surface area contributed by atoms with E-state index in [0.717, 1.165) is 0 Å². The van der Waals surface area contributed by atoms with E-state index >= 15 is 0 Å². The summed E-state index contributed by atoms with van der Waals surface area (Å²) >= 11 is 0. The van der Waals surface area contributed by atoms with Crippen molar-refractivity contribution in [1.82, 2.24) is 4.90 Å². The number of carbonyl (C=O) groups is 2. The number of aromatic carboxylic acids is 1. The Labute approximate surface area is 146 Å². The minimum absolute atomic E-state index is 0.0566. The molecule has 132 valence electrons. The van der Waals surface area contributed by atoms with Crippen molar-refractivity contribution in [2.45, 2.75) is 13.2 Å². The Hall–Kier alpha value is -3.06. The van der Waals surface area contributed by atoms with Crippen LogP contribution < -0.4 is 15.8 Å². The van der Waals surface area contributed by atoms with E-state index in [1.54, 1.807) is 18.2 Å². The van der Waals surface area contributed by atoms with Crippen molar-refractivity contribution >= 4 is 23.3 Å². The van der Waals surface area contributed by atoms with Gasteiger partial charge >= 0.3 is 5.97 Å². The van der Waals surface area contributed by atoms with E-state index in [-0.39, 0.29) is 17.4 Å². The molecule has 0 radical (unpaired) electrons. The fourth-order valence-electron chi connectivity index (χ4n) is 2.10. The maximum absolute atomic E-state index is 11.6. The van der Waals surface area contributed by atoms with Crippen molar-refractivity contribution in [3.05, 3.63) is 53.6 Å². The van der Waals surface area contributed by atoms with Crippen LogP contribution in [0.2, 0.25) is 0 Å². The summed E-state index contributed by atoms with van der Waals surface area (Å²) in [5, 5.41) is 12.2. The third-order valence-electron chi connectivity index (χ3n) is 3.68. The Bertz CT molecular complexity index is 790. The largest absolute Gasteiger partial charge is 0.478 e. The van der Waals surface area contributed by atoms with E-state index in [0.29, 0.717) is 17.1 Å². The van der Waals surface area contributed by atoms with Crippen LogP contribution in [-0.2, 0) is 0 Å². The first-order valence-electron chi connectivity index (χ1n) is 7.65. The van der Waals surface area contributed by atoms with Gasteiger partial charge in [-0.25, -0.2) is 4.79 Å². The van der Waals surface area contributed by atoms with Gasteiger partial charge in [0.2, 0.25) is 0 Å². The van der Waals surface area contributed by atoms with Gasteiger partial charge in [-0.3, -0.25) is 9.69 Å². The number of ether oxygens (including phenoxy) is 1. The average molecular weight is 343 g/mol. The zero-order valence-electron chi connectivity index (χ0n) is 14.3. The highest BCUT2D eigenvalue weighted by Gasteiger charge is 2.13. The van der Waals surface area contributed by atoms with Crippen LogP contribution in [0.25, 0.3) is 0 Å². The number of nitrogens with zero attached hydrogens (tertiary/aromatic N) is 1. The van der Waals surface area contributed by atoms with Gasteiger partial charge < -0.3 is 20.9 Å². The molecule has 1 atom stereocenters. The summed E-state index contributed by atoms with van der Waals surface area (Å²) in [6, 6.07) is 11.3. The zero-order chi connectivity index (χ0) is 18.6. The number of amides is 1. The molecule has 2 aromatic carbocycles. The Kier molecular flexibility index (Phi) is 5.61. The number of hydrogen-bond acceptors (Lipinski definition) is 5. The maximum Gasteiger partial charge on any atom is 0.335 e. The van der Waals surface area contributed by atoms with Gasteiger partial charge in [-0.1, -0.05) is 6.07 Å². The minimum atomic E-state index is -1.09. The molecule has 0 aliphatic rings. The van der Waals surface area contributed by atoms with Crippen LogP contribution in [-0.4, -0.2) is 42.2 Å². The molecule has 0 saturated carbocycles. The lowest BCUT2D eigenvalue weighted by molar-refractivity contribution is 0.0696. The van der Waals surface area contributed by atoms with Crippen molar-refractivity contribution < 1.29 is 19.4 Å². The second-order valence-electron chi connectivity index (χ2n) is 5.76. The summed E-state index contributed by atoms with van der Waals surface area (Å²) in [6.07, 6.45) is -0.119. The molecular formula is C18H21N3O4. The van der Waals surface area contributed by atoms with E-state index in [1.165, 1.54) is 18.2 Å². The highest BCUT2D eigenvalue weighted by Crippen LogP contribution is 2.25. The van der Waals surface area contributed by atoms with Crippen LogP contribution in [0.5, 0.6) is 5.75 Å². The van der Waals surface area contributed by atoms with Crippen molar-refractivity contribution in [2.24, 2.45) is 5.73 Å². The summed E-state index contributed by atoms with van der Waals surface area (Å²) < 4.78 is 5.79. The molecule has 2 rings (SSSR count). The van der Waals surface area contributed by atoms with Crippen LogP contribution in [0.15, 0.2) is 42.5 Å². The number of carboxylic acid groups (broad SMARTS) is 1. The number of nitrogens with two attached hydrogens (primary N) is 1. The highest BCUT2D eigenvalue weighted by molar-refractivity contribution is 6.01. The molecule has 1 unspecified atom stereocenters. The lowest BCUT2D eigenvalue weighted by Gasteiger charge is -2.21. The molecule has 7 heteroatoms. The summed E-state index contributed by atoms with van der Waals surface area (Å²) in [5.41, 5.74) is 6.60. The predicted molar refractivity (Wildman–Crippen MR) is 95.4 cm³/mol. The van der Waals surface area contributed by atoms with Crippen LogP contribution in [0.1, 0.15) is 27.6 Å². The summed E-state index contributed by atoms with van der Waals surface area (Å²) in [5.74, 6) is -1.09. The molecule has 0 heterocycles. The number of anilines is 2.